The molecule has 0 saturated carbocycles. The van der Waals surface area contributed by atoms with Gasteiger partial charge in [0.15, 0.2) is 0 Å². The minimum atomic E-state index is -0.279. The van der Waals surface area contributed by atoms with Crippen LogP contribution in [0.5, 0.6) is 0 Å². The van der Waals surface area contributed by atoms with Gasteiger partial charge < -0.3 is 9.80 Å². The molecule has 4 nitrogen and oxygen atoms in total. The van der Waals surface area contributed by atoms with E-state index in [4.69, 9.17) is 0 Å². The van der Waals surface area contributed by atoms with Crippen molar-refractivity contribution in [1.82, 2.24) is 15.1 Å². The number of halogens is 1. The molecule has 1 aliphatic rings. The van der Waals surface area contributed by atoms with Crippen molar-refractivity contribution in [3.8, 4) is 0 Å². The van der Waals surface area contributed by atoms with E-state index in [1.54, 1.807) is 11.0 Å². The van der Waals surface area contributed by atoms with E-state index in [1.807, 2.05) is 32.0 Å². The molecule has 2 unspecified atom stereocenters. The third-order valence-electron chi connectivity index (χ3n) is 3.33. The summed E-state index contributed by atoms with van der Waals surface area (Å²) >= 11 is 0. The standard InChI is InChI=1S/C14H20FN3O/c1-10-14(19)18(8-7-17(2)3)13(16-10)11-5-4-6-12(15)9-11/h4-6,9-10,13,16H,7-8H2,1-3H3. The number of nitrogens with zero attached hydrogens (tertiary/aromatic N) is 2. The highest BCUT2D eigenvalue weighted by Gasteiger charge is 2.36. The fourth-order valence-electron chi connectivity index (χ4n) is 2.27. The second-order valence-electron chi connectivity index (χ2n) is 5.18. The number of carbonyl (C=O) groups excluding carboxylic acids is 1. The summed E-state index contributed by atoms with van der Waals surface area (Å²) in [5.74, 6) is -0.213. The van der Waals surface area contributed by atoms with Crippen molar-refractivity contribution in [2.24, 2.45) is 0 Å². The van der Waals surface area contributed by atoms with E-state index < -0.39 is 0 Å². The van der Waals surface area contributed by atoms with Gasteiger partial charge in [0.1, 0.15) is 12.0 Å². The molecule has 1 aromatic rings. The normalized spacial score (nSPS) is 23.4. The fourth-order valence-corrected chi connectivity index (χ4v) is 2.27. The minimum Gasteiger partial charge on any atom is -0.320 e. The zero-order valence-electron chi connectivity index (χ0n) is 11.6. The quantitative estimate of drug-likeness (QED) is 0.888. The van der Waals surface area contributed by atoms with Crippen LogP contribution in [0.4, 0.5) is 4.39 Å². The Bertz CT molecular complexity index is 464. The van der Waals surface area contributed by atoms with Crippen LogP contribution in [0.15, 0.2) is 24.3 Å². The lowest BCUT2D eigenvalue weighted by Gasteiger charge is -2.26. The zero-order chi connectivity index (χ0) is 14.0. The Kier molecular flexibility index (Phi) is 4.17. The van der Waals surface area contributed by atoms with Gasteiger partial charge in [0.05, 0.1) is 6.04 Å². The second kappa shape index (κ2) is 5.67. The summed E-state index contributed by atoms with van der Waals surface area (Å²) in [6.45, 7) is 3.25. The van der Waals surface area contributed by atoms with Crippen molar-refractivity contribution in [2.45, 2.75) is 19.1 Å². The molecule has 0 aliphatic carbocycles. The van der Waals surface area contributed by atoms with Crippen LogP contribution in [0.3, 0.4) is 0 Å². The van der Waals surface area contributed by atoms with E-state index in [0.717, 1.165) is 12.1 Å². The fraction of sp³-hybridized carbons (Fsp3) is 0.500. The van der Waals surface area contributed by atoms with E-state index >= 15 is 0 Å². The van der Waals surface area contributed by atoms with Crippen molar-refractivity contribution in [3.05, 3.63) is 35.6 Å². The number of likely N-dealkylation sites (N-methyl/N-ethyl adjacent to an activating group) is 1. The first-order valence-electron chi connectivity index (χ1n) is 6.46. The van der Waals surface area contributed by atoms with E-state index in [9.17, 15) is 9.18 Å². The van der Waals surface area contributed by atoms with E-state index in [2.05, 4.69) is 5.32 Å². The average molecular weight is 265 g/mol. The van der Waals surface area contributed by atoms with Gasteiger partial charge in [-0.15, -0.1) is 0 Å². The molecule has 1 heterocycles. The summed E-state index contributed by atoms with van der Waals surface area (Å²) in [5.41, 5.74) is 0.788. The summed E-state index contributed by atoms with van der Waals surface area (Å²) in [6.07, 6.45) is -0.238. The average Bonchev–Trinajstić information content (AvgIpc) is 2.63. The maximum Gasteiger partial charge on any atom is 0.241 e. The topological polar surface area (TPSA) is 35.6 Å². The first-order chi connectivity index (χ1) is 8.99. The van der Waals surface area contributed by atoms with E-state index in [-0.39, 0.29) is 23.9 Å². The van der Waals surface area contributed by atoms with Crippen LogP contribution in [0.2, 0.25) is 0 Å². The third-order valence-corrected chi connectivity index (χ3v) is 3.33. The molecule has 1 fully saturated rings. The van der Waals surface area contributed by atoms with Crippen molar-refractivity contribution >= 4 is 5.91 Å². The molecule has 1 amide bonds. The van der Waals surface area contributed by atoms with Crippen LogP contribution in [0.1, 0.15) is 18.7 Å². The first-order valence-corrected chi connectivity index (χ1v) is 6.46. The largest absolute Gasteiger partial charge is 0.320 e. The summed E-state index contributed by atoms with van der Waals surface area (Å²) in [4.78, 5) is 15.9. The van der Waals surface area contributed by atoms with Crippen LogP contribution < -0.4 is 5.32 Å². The number of rotatable bonds is 4. The molecule has 0 aromatic heterocycles. The van der Waals surface area contributed by atoms with Crippen LogP contribution in [-0.2, 0) is 4.79 Å². The second-order valence-corrected chi connectivity index (χ2v) is 5.18. The summed E-state index contributed by atoms with van der Waals surface area (Å²) in [7, 11) is 3.93. The molecule has 19 heavy (non-hydrogen) atoms. The SMILES string of the molecule is CC1NC(c2cccc(F)c2)N(CCN(C)C)C1=O. The van der Waals surface area contributed by atoms with Gasteiger partial charge in [-0.25, -0.2) is 4.39 Å². The zero-order valence-corrected chi connectivity index (χ0v) is 11.6. The maximum atomic E-state index is 13.3. The van der Waals surface area contributed by atoms with Crippen molar-refractivity contribution in [2.75, 3.05) is 27.2 Å². The molecular formula is C14H20FN3O. The number of amides is 1. The molecule has 104 valence electrons. The number of hydrogen-bond donors (Lipinski definition) is 1. The van der Waals surface area contributed by atoms with Crippen LogP contribution in [-0.4, -0.2) is 48.9 Å². The van der Waals surface area contributed by atoms with Gasteiger partial charge in [-0.3, -0.25) is 10.1 Å². The highest BCUT2D eigenvalue weighted by molar-refractivity contribution is 5.84. The van der Waals surface area contributed by atoms with Gasteiger partial charge in [-0.1, -0.05) is 12.1 Å². The van der Waals surface area contributed by atoms with E-state index in [1.165, 1.54) is 12.1 Å². The molecule has 1 aliphatic heterocycles. The molecule has 1 aromatic carbocycles. The number of nitrogens with one attached hydrogen (secondary N) is 1. The number of benzene rings is 1. The van der Waals surface area contributed by atoms with Gasteiger partial charge >= 0.3 is 0 Å². The van der Waals surface area contributed by atoms with Gasteiger partial charge in [-0.2, -0.15) is 0 Å². The van der Waals surface area contributed by atoms with Gasteiger partial charge in [0.25, 0.3) is 0 Å². The maximum absolute atomic E-state index is 13.3. The number of carbonyl (C=O) groups is 1. The highest BCUT2D eigenvalue weighted by Crippen LogP contribution is 2.25. The van der Waals surface area contributed by atoms with Crippen LogP contribution in [0.25, 0.3) is 0 Å². The summed E-state index contributed by atoms with van der Waals surface area (Å²) in [5, 5.41) is 3.21. The Morgan fingerprint density at radius 1 is 1.42 bits per heavy atom. The Morgan fingerprint density at radius 2 is 2.16 bits per heavy atom. The summed E-state index contributed by atoms with van der Waals surface area (Å²) < 4.78 is 13.3. The van der Waals surface area contributed by atoms with Gasteiger partial charge in [0.2, 0.25) is 5.91 Å². The Hall–Kier alpha value is -1.46. The first kappa shape index (κ1) is 14.0. The minimum absolute atomic E-state index is 0.0658. The highest BCUT2D eigenvalue weighted by atomic mass is 19.1. The smallest absolute Gasteiger partial charge is 0.241 e. The number of hydrogen-bond acceptors (Lipinski definition) is 3. The van der Waals surface area contributed by atoms with Crippen LogP contribution >= 0.6 is 0 Å². The molecule has 0 bridgehead atoms. The third kappa shape index (κ3) is 3.11. The lowest BCUT2D eigenvalue weighted by Crippen LogP contribution is -2.36. The van der Waals surface area contributed by atoms with Crippen molar-refractivity contribution in [3.63, 3.8) is 0 Å². The molecule has 1 saturated heterocycles. The molecule has 5 heteroatoms. The predicted octanol–water partition coefficient (Wildman–Crippen LogP) is 1.21. The Morgan fingerprint density at radius 3 is 2.79 bits per heavy atom. The van der Waals surface area contributed by atoms with Crippen molar-refractivity contribution < 1.29 is 9.18 Å². The van der Waals surface area contributed by atoms with Crippen molar-refractivity contribution in [1.29, 1.82) is 0 Å². The molecule has 2 rings (SSSR count). The molecular weight excluding hydrogens is 245 g/mol. The lowest BCUT2D eigenvalue weighted by atomic mass is 10.1. The molecule has 0 spiro atoms. The monoisotopic (exact) mass is 265 g/mol. The van der Waals surface area contributed by atoms with Gasteiger partial charge in [0, 0.05) is 13.1 Å². The summed E-state index contributed by atoms with van der Waals surface area (Å²) in [6, 6.07) is 6.17. The van der Waals surface area contributed by atoms with Gasteiger partial charge in [-0.05, 0) is 38.7 Å². The molecule has 2 atom stereocenters. The van der Waals surface area contributed by atoms with Crippen LogP contribution in [0, 0.1) is 5.82 Å². The van der Waals surface area contributed by atoms with E-state index in [0.29, 0.717) is 6.54 Å². The molecule has 0 radical (unpaired) electrons. The lowest BCUT2D eigenvalue weighted by molar-refractivity contribution is -0.130. The Labute approximate surface area is 113 Å². The predicted molar refractivity (Wildman–Crippen MR) is 72.0 cm³/mol. The molecule has 1 N–H and O–H groups in total. The Balaban J connectivity index is 2.19.